The number of carbonyl (C=O) groups is 2. The lowest BCUT2D eigenvalue weighted by atomic mass is 9.95. The van der Waals surface area contributed by atoms with Crippen molar-refractivity contribution in [3.63, 3.8) is 0 Å². The first kappa shape index (κ1) is 21.1. The van der Waals surface area contributed by atoms with Crippen LogP contribution in [0.4, 0.5) is 0 Å². The molecule has 0 aliphatic heterocycles. The van der Waals surface area contributed by atoms with Crippen LogP contribution in [0.15, 0.2) is 11.1 Å². The van der Waals surface area contributed by atoms with E-state index in [1.54, 1.807) is 18.2 Å². The molecule has 1 aliphatic carbocycles. The number of aromatic nitrogens is 3. The molecule has 3 rings (SSSR count). The Hall–Kier alpha value is -2.64. The van der Waals surface area contributed by atoms with Crippen molar-refractivity contribution in [2.24, 2.45) is 5.92 Å². The molecule has 2 aromatic rings. The summed E-state index contributed by atoms with van der Waals surface area (Å²) < 4.78 is 2.81. The Morgan fingerprint density at radius 2 is 1.90 bits per heavy atom. The van der Waals surface area contributed by atoms with Crippen molar-refractivity contribution >= 4 is 17.3 Å². The van der Waals surface area contributed by atoms with Crippen molar-refractivity contribution in [1.82, 2.24) is 24.8 Å². The number of fused-ring (bicyclic) bond motifs is 1. The predicted octanol–water partition coefficient (Wildman–Crippen LogP) is 1.95. The van der Waals surface area contributed by atoms with E-state index >= 15 is 0 Å². The van der Waals surface area contributed by atoms with Crippen LogP contribution >= 0.6 is 0 Å². The minimum Gasteiger partial charge on any atom is -0.352 e. The highest BCUT2D eigenvalue weighted by molar-refractivity contribution is 5.99. The Labute approximate surface area is 170 Å². The van der Waals surface area contributed by atoms with E-state index in [0.717, 1.165) is 25.7 Å². The predicted molar refractivity (Wildman–Crippen MR) is 111 cm³/mol. The van der Waals surface area contributed by atoms with Gasteiger partial charge in [-0.15, -0.1) is 0 Å². The van der Waals surface area contributed by atoms with Crippen LogP contribution < -0.4 is 16.2 Å². The number of nitrogens with zero attached hydrogens (tertiary/aromatic N) is 3. The van der Waals surface area contributed by atoms with Crippen LogP contribution in [0, 0.1) is 19.8 Å². The van der Waals surface area contributed by atoms with Gasteiger partial charge in [-0.25, -0.2) is 4.68 Å². The van der Waals surface area contributed by atoms with Gasteiger partial charge in [-0.1, -0.05) is 33.1 Å². The summed E-state index contributed by atoms with van der Waals surface area (Å²) in [4.78, 5) is 38.0. The van der Waals surface area contributed by atoms with Gasteiger partial charge in [-0.05, 0) is 38.2 Å². The molecule has 158 valence electrons. The van der Waals surface area contributed by atoms with Gasteiger partial charge in [0.25, 0.3) is 11.5 Å². The molecule has 2 N–H and O–H groups in total. The summed E-state index contributed by atoms with van der Waals surface area (Å²) >= 11 is 0. The lowest BCUT2D eigenvalue weighted by Gasteiger charge is -2.22. The van der Waals surface area contributed by atoms with E-state index in [-0.39, 0.29) is 30.0 Å². The maximum absolute atomic E-state index is 13.0. The molecule has 0 spiro atoms. The van der Waals surface area contributed by atoms with E-state index in [1.807, 2.05) is 13.8 Å². The van der Waals surface area contributed by atoms with E-state index in [4.69, 9.17) is 0 Å². The summed E-state index contributed by atoms with van der Waals surface area (Å²) in [7, 11) is 0. The Balaban J connectivity index is 1.85. The number of rotatable bonds is 6. The topological polar surface area (TPSA) is 97.5 Å². The van der Waals surface area contributed by atoms with Gasteiger partial charge in [-0.3, -0.25) is 18.8 Å². The van der Waals surface area contributed by atoms with E-state index in [0.29, 0.717) is 34.8 Å². The number of carbonyl (C=O) groups excluding carboxylic acids is 2. The minimum atomic E-state index is -0.366. The van der Waals surface area contributed by atoms with Gasteiger partial charge in [0.1, 0.15) is 18.4 Å². The average Bonchev–Trinajstić information content (AvgIpc) is 2.93. The highest BCUT2D eigenvalue weighted by Crippen LogP contribution is 2.20. The second kappa shape index (κ2) is 8.80. The molecule has 0 unspecified atom stereocenters. The Kier molecular flexibility index (Phi) is 6.39. The highest BCUT2D eigenvalue weighted by atomic mass is 16.2. The molecule has 1 saturated carbocycles. The summed E-state index contributed by atoms with van der Waals surface area (Å²) in [5.41, 5.74) is 1.79. The zero-order valence-corrected chi connectivity index (χ0v) is 17.7. The van der Waals surface area contributed by atoms with Crippen LogP contribution in [0.3, 0.4) is 0 Å². The SMILES string of the molecule is Cc1c(C(=O)NCC(C)C)c(C)n2cnn(CC(=O)NC3CCCCC3)c(=O)c12. The van der Waals surface area contributed by atoms with Crippen molar-refractivity contribution in [2.45, 2.75) is 72.4 Å². The fourth-order valence-electron chi connectivity index (χ4n) is 4.04. The van der Waals surface area contributed by atoms with Crippen LogP contribution in [0.25, 0.3) is 5.52 Å². The zero-order chi connectivity index (χ0) is 21.1. The summed E-state index contributed by atoms with van der Waals surface area (Å²) in [6.07, 6.45) is 6.94. The van der Waals surface area contributed by atoms with Gasteiger partial charge in [-0.2, -0.15) is 5.10 Å². The summed E-state index contributed by atoms with van der Waals surface area (Å²) in [5, 5.41) is 10.1. The van der Waals surface area contributed by atoms with Gasteiger partial charge < -0.3 is 10.6 Å². The molecule has 1 aliphatic rings. The molecule has 8 heteroatoms. The van der Waals surface area contributed by atoms with Crippen LogP contribution in [0.5, 0.6) is 0 Å². The summed E-state index contributed by atoms with van der Waals surface area (Å²) in [6, 6.07) is 0.184. The standard InChI is InChI=1S/C21H31N5O3/c1-13(2)10-22-20(28)18-14(3)19-21(29)26(23-12-25(19)15(18)4)11-17(27)24-16-8-6-5-7-9-16/h12-13,16H,5-11H2,1-4H3,(H,22,28)(H,24,27). The molecule has 29 heavy (non-hydrogen) atoms. The molecular weight excluding hydrogens is 370 g/mol. The van der Waals surface area contributed by atoms with Crippen molar-refractivity contribution < 1.29 is 9.59 Å². The lowest BCUT2D eigenvalue weighted by molar-refractivity contribution is -0.122. The molecule has 1 fully saturated rings. The van der Waals surface area contributed by atoms with Gasteiger partial charge in [0, 0.05) is 18.3 Å². The fraction of sp³-hybridized carbons (Fsp3) is 0.619. The van der Waals surface area contributed by atoms with Crippen LogP contribution in [0.2, 0.25) is 0 Å². The van der Waals surface area contributed by atoms with Crippen molar-refractivity contribution in [3.05, 3.63) is 33.5 Å². The van der Waals surface area contributed by atoms with Crippen LogP contribution in [-0.4, -0.2) is 38.6 Å². The number of hydrogen-bond donors (Lipinski definition) is 2. The monoisotopic (exact) mass is 401 g/mol. The van der Waals surface area contributed by atoms with Crippen molar-refractivity contribution in [3.8, 4) is 0 Å². The third-order valence-electron chi connectivity index (χ3n) is 5.60. The smallest absolute Gasteiger partial charge is 0.291 e. The third kappa shape index (κ3) is 4.52. The van der Waals surface area contributed by atoms with Crippen molar-refractivity contribution in [2.75, 3.05) is 6.54 Å². The van der Waals surface area contributed by atoms with Gasteiger partial charge in [0.15, 0.2) is 0 Å². The first-order valence-electron chi connectivity index (χ1n) is 10.4. The maximum atomic E-state index is 13.0. The number of hydrogen-bond acceptors (Lipinski definition) is 4. The Bertz CT molecular complexity index is 967. The Morgan fingerprint density at radius 3 is 2.55 bits per heavy atom. The zero-order valence-electron chi connectivity index (χ0n) is 17.7. The molecule has 2 aromatic heterocycles. The van der Waals surface area contributed by atoms with E-state index in [2.05, 4.69) is 15.7 Å². The van der Waals surface area contributed by atoms with Crippen LogP contribution in [0.1, 0.15) is 67.6 Å². The van der Waals surface area contributed by atoms with E-state index in [9.17, 15) is 14.4 Å². The van der Waals surface area contributed by atoms with Gasteiger partial charge in [0.2, 0.25) is 5.91 Å². The highest BCUT2D eigenvalue weighted by Gasteiger charge is 2.23. The summed E-state index contributed by atoms with van der Waals surface area (Å²) in [6.45, 7) is 8.05. The average molecular weight is 402 g/mol. The maximum Gasteiger partial charge on any atom is 0.291 e. The number of aryl methyl sites for hydroxylation is 2. The minimum absolute atomic E-state index is 0.121. The molecule has 2 heterocycles. The molecule has 0 bridgehead atoms. The Morgan fingerprint density at radius 1 is 1.21 bits per heavy atom. The van der Waals surface area contributed by atoms with E-state index < -0.39 is 0 Å². The fourth-order valence-corrected chi connectivity index (χ4v) is 4.04. The first-order valence-corrected chi connectivity index (χ1v) is 10.4. The van der Waals surface area contributed by atoms with Crippen molar-refractivity contribution in [1.29, 1.82) is 0 Å². The molecule has 8 nitrogen and oxygen atoms in total. The molecule has 0 saturated heterocycles. The van der Waals surface area contributed by atoms with Gasteiger partial charge >= 0.3 is 0 Å². The molecule has 0 radical (unpaired) electrons. The molecule has 0 aromatic carbocycles. The normalized spacial score (nSPS) is 15.1. The number of amides is 2. The third-order valence-corrected chi connectivity index (χ3v) is 5.60. The quantitative estimate of drug-likeness (QED) is 0.773. The molecular formula is C21H31N5O3. The van der Waals surface area contributed by atoms with Crippen LogP contribution in [-0.2, 0) is 11.3 Å². The summed E-state index contributed by atoms with van der Waals surface area (Å²) in [5.74, 6) is -0.0664. The largest absolute Gasteiger partial charge is 0.352 e. The number of nitrogens with one attached hydrogen (secondary N) is 2. The molecule has 2 amide bonds. The molecule has 0 atom stereocenters. The van der Waals surface area contributed by atoms with Gasteiger partial charge in [0.05, 0.1) is 5.56 Å². The second-order valence-electron chi connectivity index (χ2n) is 8.40. The van der Waals surface area contributed by atoms with E-state index in [1.165, 1.54) is 17.4 Å². The second-order valence-corrected chi connectivity index (χ2v) is 8.40. The lowest BCUT2D eigenvalue weighted by Crippen LogP contribution is -2.40. The first-order chi connectivity index (χ1) is 13.8.